The van der Waals surface area contributed by atoms with E-state index in [1.165, 1.54) is 6.08 Å². The van der Waals surface area contributed by atoms with Crippen molar-refractivity contribution in [3.63, 3.8) is 0 Å². The number of halogens is 2. The number of nitrogens with zero attached hydrogens (tertiary/aromatic N) is 1. The van der Waals surface area contributed by atoms with E-state index in [9.17, 15) is 9.59 Å². The highest BCUT2D eigenvalue weighted by Gasteiger charge is 2.34. The Hall–Kier alpha value is -3.02. The number of benzene rings is 2. The highest BCUT2D eigenvalue weighted by molar-refractivity contribution is 6.43. The van der Waals surface area contributed by atoms with Crippen LogP contribution in [0.15, 0.2) is 70.8 Å². The number of anilines is 1. The zero-order valence-corrected chi connectivity index (χ0v) is 15.3. The van der Waals surface area contributed by atoms with Crippen LogP contribution >= 0.6 is 23.2 Å². The van der Waals surface area contributed by atoms with Crippen LogP contribution in [0.2, 0.25) is 10.0 Å². The van der Waals surface area contributed by atoms with Gasteiger partial charge in [0.15, 0.2) is 0 Å². The highest BCUT2D eigenvalue weighted by Crippen LogP contribution is 2.34. The molecule has 3 amide bonds. The molecular weight excluding hydrogens is 387 g/mol. The van der Waals surface area contributed by atoms with E-state index in [2.05, 4.69) is 5.32 Å². The SMILES string of the molecule is O=C1N/C(=C\c2ccc(-c3cccc(Cl)c3Cl)o2)C(=O)N1c1ccccc1. The second-order valence-electron chi connectivity index (χ2n) is 5.77. The Bertz CT molecular complexity index is 1070. The van der Waals surface area contributed by atoms with Gasteiger partial charge in [0.1, 0.15) is 17.2 Å². The van der Waals surface area contributed by atoms with Gasteiger partial charge in [0.2, 0.25) is 0 Å². The maximum Gasteiger partial charge on any atom is 0.333 e. The number of furan rings is 1. The van der Waals surface area contributed by atoms with E-state index < -0.39 is 11.9 Å². The minimum absolute atomic E-state index is 0.127. The van der Waals surface area contributed by atoms with E-state index in [1.807, 2.05) is 6.07 Å². The fraction of sp³-hybridized carbons (Fsp3) is 0. The molecule has 4 rings (SSSR count). The molecule has 5 nitrogen and oxygen atoms in total. The van der Waals surface area contributed by atoms with Crippen molar-refractivity contribution in [1.29, 1.82) is 0 Å². The summed E-state index contributed by atoms with van der Waals surface area (Å²) in [6, 6.07) is 16.8. The quantitative estimate of drug-likeness (QED) is 0.477. The summed E-state index contributed by atoms with van der Waals surface area (Å²) < 4.78 is 5.75. The third-order valence-electron chi connectivity index (χ3n) is 4.02. The molecule has 0 spiro atoms. The van der Waals surface area contributed by atoms with E-state index in [0.29, 0.717) is 32.8 Å². The van der Waals surface area contributed by atoms with Gasteiger partial charge in [0.25, 0.3) is 5.91 Å². The van der Waals surface area contributed by atoms with Gasteiger partial charge in [-0.05, 0) is 36.4 Å². The fourth-order valence-electron chi connectivity index (χ4n) is 2.76. The first-order valence-electron chi connectivity index (χ1n) is 8.01. The summed E-state index contributed by atoms with van der Waals surface area (Å²) in [6.45, 7) is 0. The molecule has 134 valence electrons. The smallest absolute Gasteiger partial charge is 0.333 e. The van der Waals surface area contributed by atoms with Crippen molar-refractivity contribution < 1.29 is 14.0 Å². The molecule has 27 heavy (non-hydrogen) atoms. The minimum Gasteiger partial charge on any atom is -0.457 e. The van der Waals surface area contributed by atoms with Crippen molar-refractivity contribution in [3.05, 3.63) is 82.2 Å². The molecule has 1 aliphatic heterocycles. The molecule has 0 saturated carbocycles. The number of hydrogen-bond acceptors (Lipinski definition) is 3. The molecular formula is C20H12Cl2N2O3. The number of nitrogens with one attached hydrogen (secondary N) is 1. The lowest BCUT2D eigenvalue weighted by molar-refractivity contribution is -0.113. The molecule has 1 saturated heterocycles. The first-order chi connectivity index (χ1) is 13.0. The first-order valence-corrected chi connectivity index (χ1v) is 8.76. The van der Waals surface area contributed by atoms with Crippen molar-refractivity contribution in [2.75, 3.05) is 4.90 Å². The van der Waals surface area contributed by atoms with Crippen LogP contribution in [0.4, 0.5) is 10.5 Å². The van der Waals surface area contributed by atoms with Crippen LogP contribution in [0.1, 0.15) is 5.76 Å². The van der Waals surface area contributed by atoms with E-state index in [-0.39, 0.29) is 5.70 Å². The van der Waals surface area contributed by atoms with E-state index in [1.54, 1.807) is 54.6 Å². The fourth-order valence-corrected chi connectivity index (χ4v) is 3.15. The van der Waals surface area contributed by atoms with Gasteiger partial charge in [0, 0.05) is 11.6 Å². The number of carbonyl (C=O) groups is 2. The minimum atomic E-state index is -0.512. The number of imide groups is 1. The van der Waals surface area contributed by atoms with E-state index in [4.69, 9.17) is 27.6 Å². The van der Waals surface area contributed by atoms with Crippen LogP contribution in [-0.4, -0.2) is 11.9 Å². The van der Waals surface area contributed by atoms with Gasteiger partial charge in [-0.25, -0.2) is 9.69 Å². The zero-order chi connectivity index (χ0) is 19.0. The van der Waals surface area contributed by atoms with E-state index >= 15 is 0 Å². The summed E-state index contributed by atoms with van der Waals surface area (Å²) in [5.74, 6) is 0.454. The van der Waals surface area contributed by atoms with Gasteiger partial charge in [-0.2, -0.15) is 0 Å². The summed E-state index contributed by atoms with van der Waals surface area (Å²) in [6.07, 6.45) is 1.48. The van der Waals surface area contributed by atoms with Crippen molar-refractivity contribution in [3.8, 4) is 11.3 Å². The molecule has 0 unspecified atom stereocenters. The molecule has 0 aliphatic carbocycles. The van der Waals surface area contributed by atoms with Crippen LogP contribution in [-0.2, 0) is 4.79 Å². The summed E-state index contributed by atoms with van der Waals surface area (Å²) >= 11 is 12.2. The average Bonchev–Trinajstić information content (AvgIpc) is 3.23. The Balaban J connectivity index is 1.64. The van der Waals surface area contributed by atoms with Gasteiger partial charge < -0.3 is 9.73 Å². The number of carbonyl (C=O) groups excluding carboxylic acids is 2. The zero-order valence-electron chi connectivity index (χ0n) is 13.8. The second kappa shape index (κ2) is 6.95. The third-order valence-corrected chi connectivity index (χ3v) is 4.84. The maximum absolute atomic E-state index is 12.6. The maximum atomic E-state index is 12.6. The Kier molecular flexibility index (Phi) is 4.48. The number of hydrogen-bond donors (Lipinski definition) is 1. The van der Waals surface area contributed by atoms with Gasteiger partial charge in [0.05, 0.1) is 15.7 Å². The Morgan fingerprint density at radius 2 is 1.70 bits per heavy atom. The van der Waals surface area contributed by atoms with E-state index in [0.717, 1.165) is 4.90 Å². The summed E-state index contributed by atoms with van der Waals surface area (Å²) in [4.78, 5) is 25.8. The summed E-state index contributed by atoms with van der Waals surface area (Å²) in [7, 11) is 0. The highest BCUT2D eigenvalue weighted by atomic mass is 35.5. The Morgan fingerprint density at radius 1 is 0.926 bits per heavy atom. The Labute approximate surface area is 164 Å². The van der Waals surface area contributed by atoms with Gasteiger partial charge in [-0.1, -0.05) is 47.5 Å². The Morgan fingerprint density at radius 3 is 2.48 bits per heavy atom. The van der Waals surface area contributed by atoms with Crippen LogP contribution in [0.5, 0.6) is 0 Å². The monoisotopic (exact) mass is 398 g/mol. The number of urea groups is 1. The molecule has 0 radical (unpaired) electrons. The molecule has 1 N–H and O–H groups in total. The second-order valence-corrected chi connectivity index (χ2v) is 6.55. The predicted molar refractivity (Wildman–Crippen MR) is 105 cm³/mol. The first kappa shape index (κ1) is 17.4. The molecule has 1 fully saturated rings. The number of amides is 3. The molecule has 7 heteroatoms. The molecule has 2 heterocycles. The topological polar surface area (TPSA) is 62.6 Å². The molecule has 1 aromatic heterocycles. The largest absolute Gasteiger partial charge is 0.457 e. The molecule has 3 aromatic rings. The average molecular weight is 399 g/mol. The van der Waals surface area contributed by atoms with Crippen LogP contribution in [0, 0.1) is 0 Å². The van der Waals surface area contributed by atoms with Crippen molar-refractivity contribution in [2.24, 2.45) is 0 Å². The standard InChI is InChI=1S/C20H12Cl2N2O3/c21-15-8-4-7-14(18(15)22)17-10-9-13(27-17)11-16-19(25)24(20(26)23-16)12-5-2-1-3-6-12/h1-11H,(H,23,26)/b16-11-. The number of rotatable bonds is 3. The van der Waals surface area contributed by atoms with Gasteiger partial charge in [-0.3, -0.25) is 4.79 Å². The lowest BCUT2D eigenvalue weighted by Gasteiger charge is -2.10. The van der Waals surface area contributed by atoms with Crippen molar-refractivity contribution >= 4 is 46.9 Å². The van der Waals surface area contributed by atoms with Crippen LogP contribution in [0.25, 0.3) is 17.4 Å². The lowest BCUT2D eigenvalue weighted by atomic mass is 10.2. The summed E-state index contributed by atoms with van der Waals surface area (Å²) in [5, 5.41) is 3.36. The summed E-state index contributed by atoms with van der Waals surface area (Å²) in [5.41, 5.74) is 1.26. The predicted octanol–water partition coefficient (Wildman–Crippen LogP) is 5.35. The molecule has 1 aliphatic rings. The van der Waals surface area contributed by atoms with Crippen molar-refractivity contribution in [2.45, 2.75) is 0 Å². The van der Waals surface area contributed by atoms with Crippen LogP contribution < -0.4 is 10.2 Å². The van der Waals surface area contributed by atoms with Crippen LogP contribution in [0.3, 0.4) is 0 Å². The third kappa shape index (κ3) is 3.23. The lowest BCUT2D eigenvalue weighted by Crippen LogP contribution is -2.30. The number of para-hydroxylation sites is 1. The van der Waals surface area contributed by atoms with Gasteiger partial charge >= 0.3 is 6.03 Å². The molecule has 0 bridgehead atoms. The van der Waals surface area contributed by atoms with Crippen molar-refractivity contribution in [1.82, 2.24) is 5.32 Å². The molecule has 2 aromatic carbocycles. The normalized spacial score (nSPS) is 15.5. The molecule has 0 atom stereocenters. The van der Waals surface area contributed by atoms with Gasteiger partial charge in [-0.15, -0.1) is 0 Å².